The van der Waals surface area contributed by atoms with E-state index in [4.69, 9.17) is 4.74 Å². The molecule has 1 aliphatic carbocycles. The van der Waals surface area contributed by atoms with Gasteiger partial charge in [-0.1, -0.05) is 23.8 Å². The minimum Gasteiger partial charge on any atom is -0.466 e. The molecule has 0 bridgehead atoms. The van der Waals surface area contributed by atoms with Crippen molar-refractivity contribution >= 4 is 5.97 Å². The number of allylic oxidation sites excluding steroid dienone is 2. The lowest BCUT2D eigenvalue weighted by atomic mass is 10.0. The van der Waals surface area contributed by atoms with Gasteiger partial charge in [-0.2, -0.15) is 0 Å². The summed E-state index contributed by atoms with van der Waals surface area (Å²) in [5.41, 5.74) is 2.09. The van der Waals surface area contributed by atoms with Gasteiger partial charge in [-0.3, -0.25) is 4.79 Å². The number of esters is 1. The summed E-state index contributed by atoms with van der Waals surface area (Å²) in [7, 11) is 0. The van der Waals surface area contributed by atoms with Crippen LogP contribution in [0.4, 0.5) is 0 Å². The third kappa shape index (κ3) is 1.76. The predicted octanol–water partition coefficient (Wildman–Crippen LogP) is 2.07. The third-order valence-corrected chi connectivity index (χ3v) is 2.02. The van der Waals surface area contributed by atoms with Gasteiger partial charge in [0.2, 0.25) is 0 Å². The first-order chi connectivity index (χ1) is 5.65. The fourth-order valence-corrected chi connectivity index (χ4v) is 1.42. The largest absolute Gasteiger partial charge is 0.466 e. The van der Waals surface area contributed by atoms with E-state index in [0.717, 1.165) is 17.6 Å². The zero-order chi connectivity index (χ0) is 9.14. The zero-order valence-electron chi connectivity index (χ0n) is 7.59. The van der Waals surface area contributed by atoms with Crippen molar-refractivity contribution < 1.29 is 9.53 Å². The molecule has 1 aliphatic rings. The summed E-state index contributed by atoms with van der Waals surface area (Å²) in [5.74, 6) is -0.192. The highest BCUT2D eigenvalue weighted by Gasteiger charge is 2.26. The van der Waals surface area contributed by atoms with Crippen LogP contribution in [0.2, 0.25) is 0 Å². The van der Waals surface area contributed by atoms with Crippen LogP contribution in [-0.2, 0) is 9.53 Å². The standard InChI is InChI=1S/C10H14O2/c1-4-12-10(11)9-6-7(2)5-8(9)3/h5,9H,2,4,6H2,1,3H3. The molecule has 0 saturated heterocycles. The van der Waals surface area contributed by atoms with Gasteiger partial charge in [0, 0.05) is 0 Å². The second-order valence-electron chi connectivity index (χ2n) is 3.06. The lowest BCUT2D eigenvalue weighted by Crippen LogP contribution is -2.16. The maximum absolute atomic E-state index is 11.3. The van der Waals surface area contributed by atoms with E-state index in [1.165, 1.54) is 0 Å². The Morgan fingerprint density at radius 2 is 2.50 bits per heavy atom. The Kier molecular flexibility index (Phi) is 2.69. The second-order valence-corrected chi connectivity index (χ2v) is 3.06. The Morgan fingerprint density at radius 1 is 1.83 bits per heavy atom. The number of carbonyl (C=O) groups is 1. The fraction of sp³-hybridized carbons (Fsp3) is 0.500. The van der Waals surface area contributed by atoms with Crippen LogP contribution in [0, 0.1) is 5.92 Å². The van der Waals surface area contributed by atoms with Crippen LogP contribution < -0.4 is 0 Å². The van der Waals surface area contributed by atoms with E-state index in [1.807, 2.05) is 19.9 Å². The summed E-state index contributed by atoms with van der Waals surface area (Å²) >= 11 is 0. The van der Waals surface area contributed by atoms with Crippen molar-refractivity contribution in [2.45, 2.75) is 20.3 Å². The Morgan fingerprint density at radius 3 is 2.92 bits per heavy atom. The molecule has 0 aliphatic heterocycles. The van der Waals surface area contributed by atoms with Crippen LogP contribution in [0.15, 0.2) is 23.8 Å². The number of rotatable bonds is 2. The van der Waals surface area contributed by atoms with Crippen LogP contribution >= 0.6 is 0 Å². The summed E-state index contributed by atoms with van der Waals surface area (Å²) in [6.45, 7) is 8.03. The Bertz CT molecular complexity index is 238. The van der Waals surface area contributed by atoms with Crippen molar-refractivity contribution in [3.63, 3.8) is 0 Å². The molecule has 0 aromatic rings. The van der Waals surface area contributed by atoms with Crippen molar-refractivity contribution in [3.05, 3.63) is 23.8 Å². The molecule has 1 rings (SSSR count). The molecule has 0 spiro atoms. The third-order valence-electron chi connectivity index (χ3n) is 2.02. The lowest BCUT2D eigenvalue weighted by molar-refractivity contribution is -0.146. The highest BCUT2D eigenvalue weighted by molar-refractivity contribution is 5.77. The van der Waals surface area contributed by atoms with E-state index in [1.54, 1.807) is 0 Å². The van der Waals surface area contributed by atoms with E-state index in [-0.39, 0.29) is 11.9 Å². The second kappa shape index (κ2) is 3.57. The molecule has 0 aromatic heterocycles. The van der Waals surface area contributed by atoms with E-state index in [9.17, 15) is 4.79 Å². The topological polar surface area (TPSA) is 26.3 Å². The molecule has 0 heterocycles. The molecule has 0 saturated carbocycles. The van der Waals surface area contributed by atoms with Gasteiger partial charge < -0.3 is 4.74 Å². The molecule has 1 atom stereocenters. The molecule has 2 heteroatoms. The quantitative estimate of drug-likeness (QED) is 0.587. The highest BCUT2D eigenvalue weighted by Crippen LogP contribution is 2.29. The van der Waals surface area contributed by atoms with Gasteiger partial charge in [0.05, 0.1) is 12.5 Å². The summed E-state index contributed by atoms with van der Waals surface area (Å²) in [6.07, 6.45) is 2.69. The summed E-state index contributed by atoms with van der Waals surface area (Å²) in [4.78, 5) is 11.3. The van der Waals surface area contributed by atoms with Crippen LogP contribution in [-0.4, -0.2) is 12.6 Å². The van der Waals surface area contributed by atoms with Gasteiger partial charge in [-0.05, 0) is 20.3 Å². The predicted molar refractivity (Wildman–Crippen MR) is 47.6 cm³/mol. The maximum atomic E-state index is 11.3. The van der Waals surface area contributed by atoms with E-state index in [2.05, 4.69) is 6.58 Å². The Hall–Kier alpha value is -1.05. The van der Waals surface area contributed by atoms with Gasteiger partial charge in [-0.15, -0.1) is 0 Å². The van der Waals surface area contributed by atoms with Crippen molar-refractivity contribution in [3.8, 4) is 0 Å². The van der Waals surface area contributed by atoms with Crippen LogP contribution in [0.25, 0.3) is 0 Å². The van der Waals surface area contributed by atoms with Crippen molar-refractivity contribution in [1.29, 1.82) is 0 Å². The molecule has 1 unspecified atom stereocenters. The molecule has 2 nitrogen and oxygen atoms in total. The monoisotopic (exact) mass is 166 g/mol. The van der Waals surface area contributed by atoms with E-state index >= 15 is 0 Å². The first kappa shape index (κ1) is 9.04. The Balaban J connectivity index is 2.61. The van der Waals surface area contributed by atoms with E-state index in [0.29, 0.717) is 6.61 Å². The van der Waals surface area contributed by atoms with Gasteiger partial charge in [0.1, 0.15) is 0 Å². The molecule has 0 fully saturated rings. The van der Waals surface area contributed by atoms with Crippen LogP contribution in [0.1, 0.15) is 20.3 Å². The van der Waals surface area contributed by atoms with Crippen molar-refractivity contribution in [2.75, 3.05) is 6.61 Å². The average Bonchev–Trinajstić information content (AvgIpc) is 2.30. The summed E-state index contributed by atoms with van der Waals surface area (Å²) in [6, 6.07) is 0. The minimum atomic E-state index is -0.120. The number of hydrogen-bond acceptors (Lipinski definition) is 2. The molecule has 66 valence electrons. The van der Waals surface area contributed by atoms with Crippen LogP contribution in [0.5, 0.6) is 0 Å². The van der Waals surface area contributed by atoms with Gasteiger partial charge in [-0.25, -0.2) is 0 Å². The number of carbonyl (C=O) groups excluding carboxylic acids is 1. The molecule has 0 N–H and O–H groups in total. The minimum absolute atomic E-state index is 0.0718. The number of ether oxygens (including phenoxy) is 1. The maximum Gasteiger partial charge on any atom is 0.313 e. The smallest absolute Gasteiger partial charge is 0.313 e. The molecule has 0 aromatic carbocycles. The van der Waals surface area contributed by atoms with Gasteiger partial charge in [0.15, 0.2) is 0 Å². The molecule has 0 amide bonds. The number of hydrogen-bond donors (Lipinski definition) is 0. The van der Waals surface area contributed by atoms with Crippen molar-refractivity contribution in [1.82, 2.24) is 0 Å². The fourth-order valence-electron chi connectivity index (χ4n) is 1.42. The first-order valence-corrected chi connectivity index (χ1v) is 4.17. The lowest BCUT2D eigenvalue weighted by Gasteiger charge is -2.09. The van der Waals surface area contributed by atoms with Crippen LogP contribution in [0.3, 0.4) is 0 Å². The van der Waals surface area contributed by atoms with Gasteiger partial charge in [0.25, 0.3) is 0 Å². The summed E-state index contributed by atoms with van der Waals surface area (Å²) in [5, 5.41) is 0. The summed E-state index contributed by atoms with van der Waals surface area (Å²) < 4.78 is 4.92. The molecular weight excluding hydrogens is 152 g/mol. The Labute approximate surface area is 72.9 Å². The molecular formula is C10H14O2. The zero-order valence-corrected chi connectivity index (χ0v) is 7.59. The van der Waals surface area contributed by atoms with Gasteiger partial charge >= 0.3 is 5.97 Å². The molecule has 0 radical (unpaired) electrons. The average molecular weight is 166 g/mol. The highest BCUT2D eigenvalue weighted by atomic mass is 16.5. The van der Waals surface area contributed by atoms with Crippen molar-refractivity contribution in [2.24, 2.45) is 5.92 Å². The normalized spacial score (nSPS) is 22.3. The first-order valence-electron chi connectivity index (χ1n) is 4.17. The SMILES string of the molecule is C=C1C=C(C)C(C(=O)OCC)C1. The van der Waals surface area contributed by atoms with E-state index < -0.39 is 0 Å². The molecule has 12 heavy (non-hydrogen) atoms.